The molecule has 0 bridgehead atoms. The molecule has 1 aromatic carbocycles. The average molecular weight is 465 g/mol. The molecule has 9 heteroatoms. The Morgan fingerprint density at radius 1 is 1.21 bits per heavy atom. The molecule has 1 aliphatic heterocycles. The van der Waals surface area contributed by atoms with Gasteiger partial charge in [0, 0.05) is 43.5 Å². The molecule has 1 aromatic heterocycles. The highest BCUT2D eigenvalue weighted by Crippen LogP contribution is 2.28. The number of aromatic nitrogens is 2. The molecule has 1 unspecified atom stereocenters. The molecule has 1 atom stereocenters. The molecule has 1 N–H and O–H groups in total. The number of benzene rings is 1. The SMILES string of the molecule is CCn1nc(C(=O)N2CCCCCC2)c2c1CCC(NCc1cccc(OC(F)(F)F)c1)C2. The summed E-state index contributed by atoms with van der Waals surface area (Å²) >= 11 is 0. The first kappa shape index (κ1) is 23.6. The number of alkyl halides is 3. The molecule has 4 rings (SSSR count). The molecule has 2 aliphatic rings. The lowest BCUT2D eigenvalue weighted by Crippen LogP contribution is -2.36. The molecule has 1 aliphatic carbocycles. The number of fused-ring (bicyclic) bond motifs is 1. The minimum atomic E-state index is -4.71. The molecule has 0 saturated carbocycles. The quantitative estimate of drug-likeness (QED) is 0.686. The number of hydrogen-bond acceptors (Lipinski definition) is 4. The second kappa shape index (κ2) is 10.2. The van der Waals surface area contributed by atoms with Gasteiger partial charge in [-0.15, -0.1) is 13.2 Å². The maximum atomic E-state index is 13.3. The topological polar surface area (TPSA) is 59.4 Å². The number of carbonyl (C=O) groups is 1. The Morgan fingerprint density at radius 2 is 1.97 bits per heavy atom. The van der Waals surface area contributed by atoms with Gasteiger partial charge in [-0.3, -0.25) is 9.48 Å². The van der Waals surface area contributed by atoms with E-state index in [1.807, 2.05) is 16.5 Å². The molecule has 33 heavy (non-hydrogen) atoms. The van der Waals surface area contributed by atoms with Gasteiger partial charge in [0.2, 0.25) is 0 Å². The van der Waals surface area contributed by atoms with Gasteiger partial charge in [0.05, 0.1) is 0 Å². The summed E-state index contributed by atoms with van der Waals surface area (Å²) in [6.45, 7) is 4.75. The summed E-state index contributed by atoms with van der Waals surface area (Å²) in [6.07, 6.45) is 2.06. The van der Waals surface area contributed by atoms with Gasteiger partial charge in [-0.1, -0.05) is 25.0 Å². The lowest BCUT2D eigenvalue weighted by atomic mass is 9.91. The normalized spacial score (nSPS) is 19.2. The molecule has 0 spiro atoms. The van der Waals surface area contributed by atoms with E-state index in [9.17, 15) is 18.0 Å². The first-order valence-corrected chi connectivity index (χ1v) is 11.8. The van der Waals surface area contributed by atoms with Crippen LogP contribution in [-0.2, 0) is 25.9 Å². The fraction of sp³-hybridized carbons (Fsp3) is 0.583. The Balaban J connectivity index is 1.45. The standard InChI is InChI=1S/C24H31F3N4O2/c1-2-31-21-11-10-18(28-16-17-8-7-9-19(14-17)33-24(25,26)27)15-20(21)22(29-31)23(32)30-12-5-3-4-6-13-30/h7-9,14,18,28H,2-6,10-13,15-16H2,1H3. The van der Waals surface area contributed by atoms with Crippen LogP contribution in [0.25, 0.3) is 0 Å². The smallest absolute Gasteiger partial charge is 0.406 e. The summed E-state index contributed by atoms with van der Waals surface area (Å²) in [5.41, 5.74) is 3.44. The minimum Gasteiger partial charge on any atom is -0.406 e. The van der Waals surface area contributed by atoms with Gasteiger partial charge < -0.3 is 15.0 Å². The van der Waals surface area contributed by atoms with Crippen molar-refractivity contribution < 1.29 is 22.7 Å². The second-order valence-corrected chi connectivity index (χ2v) is 8.81. The van der Waals surface area contributed by atoms with Crippen LogP contribution in [0.5, 0.6) is 5.75 Å². The Morgan fingerprint density at radius 3 is 2.67 bits per heavy atom. The third-order valence-electron chi connectivity index (χ3n) is 6.47. The lowest BCUT2D eigenvalue weighted by molar-refractivity contribution is -0.274. The van der Waals surface area contributed by atoms with E-state index in [1.54, 1.807) is 12.1 Å². The summed E-state index contributed by atoms with van der Waals surface area (Å²) in [4.78, 5) is 15.3. The van der Waals surface area contributed by atoms with E-state index in [0.717, 1.165) is 69.4 Å². The van der Waals surface area contributed by atoms with Gasteiger partial charge >= 0.3 is 6.36 Å². The number of ether oxygens (including phenoxy) is 1. The summed E-state index contributed by atoms with van der Waals surface area (Å²) in [5.74, 6) is -0.194. The lowest BCUT2D eigenvalue weighted by Gasteiger charge is -2.25. The van der Waals surface area contributed by atoms with Gasteiger partial charge in [0.15, 0.2) is 5.69 Å². The summed E-state index contributed by atoms with van der Waals surface area (Å²) in [7, 11) is 0. The van der Waals surface area contributed by atoms with E-state index < -0.39 is 6.36 Å². The number of carbonyl (C=O) groups excluding carboxylic acids is 1. The Labute approximate surface area is 192 Å². The number of rotatable bonds is 6. The fourth-order valence-electron chi connectivity index (χ4n) is 4.83. The van der Waals surface area contributed by atoms with Crippen LogP contribution in [0.4, 0.5) is 13.2 Å². The molecule has 2 aromatic rings. The van der Waals surface area contributed by atoms with Crippen LogP contribution in [0, 0.1) is 0 Å². The van der Waals surface area contributed by atoms with Crippen molar-refractivity contribution in [3.63, 3.8) is 0 Å². The number of nitrogens with zero attached hydrogens (tertiary/aromatic N) is 3. The summed E-state index contributed by atoms with van der Waals surface area (Å²) < 4.78 is 43.5. The zero-order valence-electron chi connectivity index (χ0n) is 19.0. The molecule has 1 amide bonds. The van der Waals surface area contributed by atoms with Crippen molar-refractivity contribution in [3.05, 3.63) is 46.8 Å². The van der Waals surface area contributed by atoms with E-state index in [1.165, 1.54) is 12.1 Å². The maximum absolute atomic E-state index is 13.3. The van der Waals surface area contributed by atoms with Crippen LogP contribution in [0.1, 0.15) is 66.3 Å². The van der Waals surface area contributed by atoms with Gasteiger partial charge in [-0.2, -0.15) is 5.10 Å². The van der Waals surface area contributed by atoms with Crippen molar-refractivity contribution in [1.82, 2.24) is 20.0 Å². The minimum absolute atomic E-state index is 0.0259. The Kier molecular flexibility index (Phi) is 7.26. The first-order chi connectivity index (χ1) is 15.8. The van der Waals surface area contributed by atoms with Crippen LogP contribution in [0.15, 0.2) is 24.3 Å². The van der Waals surface area contributed by atoms with Crippen LogP contribution in [0.2, 0.25) is 0 Å². The Bertz CT molecular complexity index is 965. The highest BCUT2D eigenvalue weighted by Gasteiger charge is 2.32. The molecule has 1 saturated heterocycles. The Hall–Kier alpha value is -2.55. The fourth-order valence-corrected chi connectivity index (χ4v) is 4.83. The van der Waals surface area contributed by atoms with Crippen LogP contribution < -0.4 is 10.1 Å². The van der Waals surface area contributed by atoms with Crippen LogP contribution >= 0.6 is 0 Å². The number of amides is 1. The van der Waals surface area contributed by atoms with Crippen molar-refractivity contribution in [2.75, 3.05) is 13.1 Å². The van der Waals surface area contributed by atoms with Crippen LogP contribution in [-0.4, -0.2) is 46.1 Å². The maximum Gasteiger partial charge on any atom is 0.573 e. The molecular formula is C24H31F3N4O2. The second-order valence-electron chi connectivity index (χ2n) is 8.81. The zero-order chi connectivity index (χ0) is 23.4. The van der Waals surface area contributed by atoms with E-state index in [-0.39, 0.29) is 17.7 Å². The molecule has 2 heterocycles. The third-order valence-corrected chi connectivity index (χ3v) is 6.47. The van der Waals surface area contributed by atoms with E-state index in [2.05, 4.69) is 15.2 Å². The number of hydrogen-bond donors (Lipinski definition) is 1. The number of aryl methyl sites for hydroxylation is 1. The number of likely N-dealkylation sites (tertiary alicyclic amines) is 1. The van der Waals surface area contributed by atoms with Gasteiger partial charge in [-0.05, 0) is 56.7 Å². The average Bonchev–Trinajstić information content (AvgIpc) is 2.94. The largest absolute Gasteiger partial charge is 0.573 e. The number of nitrogens with one attached hydrogen (secondary N) is 1. The summed E-state index contributed by atoms with van der Waals surface area (Å²) in [5, 5.41) is 8.14. The van der Waals surface area contributed by atoms with Gasteiger partial charge in [-0.25, -0.2) is 0 Å². The molecular weight excluding hydrogens is 433 g/mol. The highest BCUT2D eigenvalue weighted by molar-refractivity contribution is 5.94. The van der Waals surface area contributed by atoms with Crippen molar-refractivity contribution in [2.24, 2.45) is 0 Å². The zero-order valence-corrected chi connectivity index (χ0v) is 19.0. The molecule has 6 nitrogen and oxygen atoms in total. The molecule has 0 radical (unpaired) electrons. The van der Waals surface area contributed by atoms with Gasteiger partial charge in [0.1, 0.15) is 5.75 Å². The predicted octanol–water partition coefficient (Wildman–Crippen LogP) is 4.46. The molecule has 1 fully saturated rings. The van der Waals surface area contributed by atoms with Crippen molar-refractivity contribution in [2.45, 2.75) is 77.4 Å². The van der Waals surface area contributed by atoms with Crippen LogP contribution in [0.3, 0.4) is 0 Å². The highest BCUT2D eigenvalue weighted by atomic mass is 19.4. The van der Waals surface area contributed by atoms with Crippen molar-refractivity contribution in [3.8, 4) is 5.75 Å². The number of halogens is 3. The van der Waals surface area contributed by atoms with E-state index >= 15 is 0 Å². The van der Waals surface area contributed by atoms with E-state index in [0.29, 0.717) is 24.2 Å². The molecule has 180 valence electrons. The third kappa shape index (κ3) is 5.88. The van der Waals surface area contributed by atoms with Crippen molar-refractivity contribution in [1.29, 1.82) is 0 Å². The monoisotopic (exact) mass is 464 g/mol. The predicted molar refractivity (Wildman–Crippen MR) is 118 cm³/mol. The van der Waals surface area contributed by atoms with E-state index in [4.69, 9.17) is 0 Å². The first-order valence-electron chi connectivity index (χ1n) is 11.8. The van der Waals surface area contributed by atoms with Crippen molar-refractivity contribution >= 4 is 5.91 Å². The summed E-state index contributed by atoms with van der Waals surface area (Å²) in [6, 6.07) is 6.14. The van der Waals surface area contributed by atoms with Gasteiger partial charge in [0.25, 0.3) is 5.91 Å².